The third kappa shape index (κ3) is 5.98. The molecule has 39 heavy (non-hydrogen) atoms. The molecule has 1 aliphatic rings. The summed E-state index contributed by atoms with van der Waals surface area (Å²) >= 11 is 1.51. The minimum atomic E-state index is -0.147. The predicted octanol–water partition coefficient (Wildman–Crippen LogP) is 5.62. The van der Waals surface area contributed by atoms with Crippen molar-refractivity contribution in [2.45, 2.75) is 46.6 Å². The molecule has 0 atom stereocenters. The first-order valence-corrected chi connectivity index (χ1v) is 14.2. The first-order valence-electron chi connectivity index (χ1n) is 13.4. The van der Waals surface area contributed by atoms with Crippen molar-refractivity contribution in [3.05, 3.63) is 80.0 Å². The van der Waals surface area contributed by atoms with Gasteiger partial charge in [-0.2, -0.15) is 0 Å². The van der Waals surface area contributed by atoms with Crippen LogP contribution in [0.5, 0.6) is 0 Å². The van der Waals surface area contributed by atoms with Crippen molar-refractivity contribution in [3.63, 3.8) is 0 Å². The lowest BCUT2D eigenvalue weighted by Gasteiger charge is -2.27. The van der Waals surface area contributed by atoms with Crippen molar-refractivity contribution >= 4 is 33.8 Å². The number of aryl methyl sites for hydroxylation is 2. The van der Waals surface area contributed by atoms with Gasteiger partial charge in [-0.1, -0.05) is 26.8 Å². The summed E-state index contributed by atoms with van der Waals surface area (Å²) in [6.07, 6.45) is 1.84. The highest BCUT2D eigenvalue weighted by molar-refractivity contribution is 7.14. The molecule has 0 spiro atoms. The highest BCUT2D eigenvalue weighted by Crippen LogP contribution is 2.31. The molecule has 4 heterocycles. The van der Waals surface area contributed by atoms with Crippen LogP contribution in [0, 0.1) is 13.8 Å². The second-order valence-electron chi connectivity index (χ2n) is 11.3. The van der Waals surface area contributed by atoms with E-state index in [0.717, 1.165) is 65.4 Å². The van der Waals surface area contributed by atoms with Crippen LogP contribution < -0.4 is 10.9 Å². The molecule has 1 N–H and O–H groups in total. The van der Waals surface area contributed by atoms with E-state index >= 15 is 0 Å². The quantitative estimate of drug-likeness (QED) is 0.341. The van der Waals surface area contributed by atoms with Crippen LogP contribution in [-0.2, 0) is 16.7 Å². The lowest BCUT2D eigenvalue weighted by atomic mass is 9.95. The molecule has 204 valence electrons. The summed E-state index contributed by atoms with van der Waals surface area (Å²) in [5, 5.41) is 3.96. The number of nitrogens with one attached hydrogen (secondary N) is 1. The van der Waals surface area contributed by atoms with Crippen LogP contribution in [-0.4, -0.2) is 53.2 Å². The Balaban J connectivity index is 1.49. The number of carbonyl (C=O) groups is 1. The molecule has 0 unspecified atom stereocenters. The number of thiophene rings is 1. The smallest absolute Gasteiger partial charge is 0.265 e. The molecule has 5 rings (SSSR count). The average Bonchev–Trinajstić information content (AvgIpc) is 3.41. The maximum absolute atomic E-state index is 14.0. The molecule has 0 saturated carbocycles. The Kier molecular flexibility index (Phi) is 7.71. The van der Waals surface area contributed by atoms with Crippen LogP contribution >= 0.6 is 11.3 Å². The van der Waals surface area contributed by atoms with Gasteiger partial charge in [0.2, 0.25) is 0 Å². The Labute approximate surface area is 233 Å². The Hall–Kier alpha value is -3.33. The van der Waals surface area contributed by atoms with Gasteiger partial charge in [0, 0.05) is 59.6 Å². The van der Waals surface area contributed by atoms with Crippen molar-refractivity contribution in [2.24, 2.45) is 0 Å². The largest absolute Gasteiger partial charge is 0.379 e. The van der Waals surface area contributed by atoms with Gasteiger partial charge in [0.05, 0.1) is 23.6 Å². The number of morpholine rings is 1. The van der Waals surface area contributed by atoms with Crippen molar-refractivity contribution < 1.29 is 9.53 Å². The van der Waals surface area contributed by atoms with E-state index in [1.807, 2.05) is 67.1 Å². The zero-order valence-corrected chi connectivity index (χ0v) is 24.2. The van der Waals surface area contributed by atoms with Crippen molar-refractivity contribution in [2.75, 3.05) is 38.2 Å². The number of fused-ring (bicyclic) bond motifs is 1. The van der Waals surface area contributed by atoms with Crippen molar-refractivity contribution in [1.29, 1.82) is 0 Å². The molecular formula is C31H36N4O3S. The second kappa shape index (κ2) is 11.0. The molecule has 1 amide bonds. The molecule has 4 aromatic rings. The number of hydrogen-bond donors (Lipinski definition) is 1. The molecule has 1 saturated heterocycles. The first kappa shape index (κ1) is 27.2. The van der Waals surface area contributed by atoms with E-state index in [4.69, 9.17) is 4.74 Å². The number of anilines is 1. The number of benzene rings is 1. The predicted molar refractivity (Wildman–Crippen MR) is 159 cm³/mol. The molecule has 3 aromatic heterocycles. The van der Waals surface area contributed by atoms with Crippen molar-refractivity contribution in [1.82, 2.24) is 14.5 Å². The maximum atomic E-state index is 14.0. The zero-order chi connectivity index (χ0) is 27.7. The van der Waals surface area contributed by atoms with E-state index in [2.05, 4.69) is 36.0 Å². The maximum Gasteiger partial charge on any atom is 0.265 e. The number of carbonyl (C=O) groups excluding carboxylic acids is 1. The number of ether oxygens (including phenoxy) is 1. The summed E-state index contributed by atoms with van der Waals surface area (Å²) in [6, 6.07) is 13.6. The molecule has 1 fully saturated rings. The fourth-order valence-electron chi connectivity index (χ4n) is 4.90. The Bertz CT molecular complexity index is 1580. The standard InChI is InChI=1S/C31H36N4O3S/c1-20-6-7-23(33-29(36)27-8-9-28(39-27)31(3,4)5)18-24(20)25-17-22-19-32-21(2)16-26(22)35(30(25)37)11-10-34-12-14-38-15-13-34/h6-9,16-19H,10-15H2,1-5H3,(H,33,36). The van der Waals surface area contributed by atoms with E-state index in [9.17, 15) is 9.59 Å². The minimum Gasteiger partial charge on any atom is -0.379 e. The Morgan fingerprint density at radius 2 is 1.79 bits per heavy atom. The topological polar surface area (TPSA) is 76.5 Å². The molecule has 0 radical (unpaired) electrons. The van der Waals surface area contributed by atoms with Crippen LogP contribution in [0.25, 0.3) is 22.0 Å². The normalized spacial score (nSPS) is 14.6. The van der Waals surface area contributed by atoms with E-state index in [-0.39, 0.29) is 16.9 Å². The first-order chi connectivity index (χ1) is 18.6. The van der Waals surface area contributed by atoms with E-state index in [1.165, 1.54) is 11.3 Å². The summed E-state index contributed by atoms with van der Waals surface area (Å²) in [6.45, 7) is 14.9. The van der Waals surface area contributed by atoms with Crippen LogP contribution in [0.4, 0.5) is 5.69 Å². The van der Waals surface area contributed by atoms with Gasteiger partial charge in [0.15, 0.2) is 0 Å². The number of nitrogens with zero attached hydrogens (tertiary/aromatic N) is 3. The van der Waals surface area contributed by atoms with Crippen LogP contribution in [0.1, 0.15) is 46.6 Å². The Morgan fingerprint density at radius 1 is 1.03 bits per heavy atom. The molecule has 0 bridgehead atoms. The third-order valence-corrected chi connectivity index (χ3v) is 8.72. The highest BCUT2D eigenvalue weighted by Gasteiger charge is 2.20. The molecule has 1 aliphatic heterocycles. The van der Waals surface area contributed by atoms with Crippen LogP contribution in [0.2, 0.25) is 0 Å². The average molecular weight is 545 g/mol. The monoisotopic (exact) mass is 544 g/mol. The van der Waals surface area contributed by atoms with Gasteiger partial charge in [-0.3, -0.25) is 19.5 Å². The number of rotatable bonds is 6. The molecule has 7 nitrogen and oxygen atoms in total. The molecule has 0 aliphatic carbocycles. The van der Waals surface area contributed by atoms with Gasteiger partial charge in [-0.25, -0.2) is 0 Å². The summed E-state index contributed by atoms with van der Waals surface area (Å²) in [5.74, 6) is -0.147. The van der Waals surface area contributed by atoms with Gasteiger partial charge in [0.25, 0.3) is 11.5 Å². The van der Waals surface area contributed by atoms with Crippen LogP contribution in [0.3, 0.4) is 0 Å². The lowest BCUT2D eigenvalue weighted by molar-refractivity contribution is 0.0364. The van der Waals surface area contributed by atoms with E-state index < -0.39 is 0 Å². The van der Waals surface area contributed by atoms with Gasteiger partial charge in [-0.15, -0.1) is 11.3 Å². The van der Waals surface area contributed by atoms with Gasteiger partial charge < -0.3 is 14.6 Å². The fourth-order valence-corrected chi connectivity index (χ4v) is 5.86. The second-order valence-corrected chi connectivity index (χ2v) is 12.3. The molecule has 8 heteroatoms. The minimum absolute atomic E-state index is 0.00855. The van der Waals surface area contributed by atoms with Crippen molar-refractivity contribution in [3.8, 4) is 11.1 Å². The van der Waals surface area contributed by atoms with E-state index in [0.29, 0.717) is 22.7 Å². The SMILES string of the molecule is Cc1cc2c(cn1)cc(-c1cc(NC(=O)c3ccc(C(C)(C)C)s3)ccc1C)c(=O)n2CCN1CCOCC1. The summed E-state index contributed by atoms with van der Waals surface area (Å²) in [7, 11) is 0. The number of pyridine rings is 2. The summed E-state index contributed by atoms with van der Waals surface area (Å²) in [5.41, 5.74) is 4.75. The summed E-state index contributed by atoms with van der Waals surface area (Å²) < 4.78 is 7.36. The summed E-state index contributed by atoms with van der Waals surface area (Å²) in [4.78, 5) is 35.7. The van der Waals surface area contributed by atoms with E-state index in [1.54, 1.807) is 0 Å². The number of hydrogen-bond acceptors (Lipinski definition) is 6. The number of amides is 1. The van der Waals surface area contributed by atoms with Gasteiger partial charge >= 0.3 is 0 Å². The number of aromatic nitrogens is 2. The Morgan fingerprint density at radius 3 is 2.51 bits per heavy atom. The lowest BCUT2D eigenvalue weighted by Crippen LogP contribution is -2.39. The third-order valence-electron chi connectivity index (χ3n) is 7.21. The fraction of sp³-hybridized carbons (Fsp3) is 0.387. The molecule has 1 aromatic carbocycles. The zero-order valence-electron chi connectivity index (χ0n) is 23.3. The van der Waals surface area contributed by atoms with Crippen LogP contribution in [0.15, 0.2) is 53.5 Å². The molecular weight excluding hydrogens is 508 g/mol. The van der Waals surface area contributed by atoms with Gasteiger partial charge in [0.1, 0.15) is 0 Å². The highest BCUT2D eigenvalue weighted by atomic mass is 32.1. The van der Waals surface area contributed by atoms with Gasteiger partial charge in [-0.05, 0) is 66.8 Å².